The van der Waals surface area contributed by atoms with Crippen LogP contribution in [0.3, 0.4) is 0 Å². The van der Waals surface area contributed by atoms with Crippen molar-refractivity contribution in [3.8, 4) is 0 Å². The van der Waals surface area contributed by atoms with E-state index in [4.69, 9.17) is 11.5 Å². The van der Waals surface area contributed by atoms with Crippen molar-refractivity contribution in [2.24, 2.45) is 16.9 Å². The second-order valence-electron chi connectivity index (χ2n) is 9.78. The Hall–Kier alpha value is -4.12. The molecule has 0 radical (unpaired) electrons. The molecule has 4 nitrogen and oxygen atoms in total. The molecule has 0 amide bonds. The lowest BCUT2D eigenvalue weighted by atomic mass is 9.80. The van der Waals surface area contributed by atoms with Crippen LogP contribution >= 0.6 is 0 Å². The Bertz CT molecular complexity index is 1460. The first-order chi connectivity index (χ1) is 18.0. The molecule has 186 valence electrons. The molecule has 0 aliphatic heterocycles. The summed E-state index contributed by atoms with van der Waals surface area (Å²) in [5.74, 6) is 0. The fourth-order valence-electron chi connectivity index (χ4n) is 4.85. The number of allylic oxidation sites excluding steroid dienone is 3. The summed E-state index contributed by atoms with van der Waals surface area (Å²) < 4.78 is 0. The molecule has 0 spiro atoms. The molecular formula is C33H34N4. The van der Waals surface area contributed by atoms with Gasteiger partial charge in [-0.1, -0.05) is 85.0 Å². The van der Waals surface area contributed by atoms with Crippen molar-refractivity contribution < 1.29 is 0 Å². The van der Waals surface area contributed by atoms with Gasteiger partial charge in [-0.05, 0) is 58.0 Å². The van der Waals surface area contributed by atoms with Crippen LogP contribution < -0.4 is 21.7 Å². The van der Waals surface area contributed by atoms with E-state index < -0.39 is 0 Å². The lowest BCUT2D eigenvalue weighted by Crippen LogP contribution is -2.35. The van der Waals surface area contributed by atoms with Crippen LogP contribution in [0, 0.1) is 5.41 Å². The first-order valence-electron chi connectivity index (χ1n) is 12.7. The molecule has 1 aliphatic rings. The molecule has 4 heteroatoms. The van der Waals surface area contributed by atoms with Crippen LogP contribution in [0.2, 0.25) is 0 Å². The second-order valence-corrected chi connectivity index (χ2v) is 9.78. The molecule has 0 saturated heterocycles. The number of hydrogen-bond donors (Lipinski definition) is 3. The van der Waals surface area contributed by atoms with Crippen molar-refractivity contribution in [2.45, 2.75) is 0 Å². The van der Waals surface area contributed by atoms with Gasteiger partial charge in [0.05, 0.1) is 0 Å². The standard InChI is InChI=1S/C33H34N4/c1-37(2)27-14-12-24(13-15-27)32(25-18-20-33(22-34,23-35)21-19-25)30-16-17-31(29-11-7-6-10-28(29)30)36-26-8-4-3-5-9-26/h3-21,36H,22-23,34-35H2,1-2H3. The van der Waals surface area contributed by atoms with Crippen molar-refractivity contribution in [1.29, 1.82) is 0 Å². The number of fused-ring (bicyclic) bond motifs is 1. The molecule has 5 rings (SSSR count). The Morgan fingerprint density at radius 2 is 1.35 bits per heavy atom. The van der Waals surface area contributed by atoms with Crippen LogP contribution in [0.4, 0.5) is 17.1 Å². The number of hydrogen-bond acceptors (Lipinski definition) is 4. The van der Waals surface area contributed by atoms with E-state index >= 15 is 0 Å². The minimum absolute atomic E-state index is 0.297. The highest BCUT2D eigenvalue weighted by Crippen LogP contribution is 2.39. The molecule has 0 atom stereocenters. The molecule has 0 bridgehead atoms. The van der Waals surface area contributed by atoms with Crippen molar-refractivity contribution in [3.63, 3.8) is 0 Å². The highest BCUT2D eigenvalue weighted by atomic mass is 15.1. The molecule has 0 aromatic heterocycles. The Kier molecular flexibility index (Phi) is 6.95. The molecule has 0 unspecified atom stereocenters. The molecule has 1 aliphatic carbocycles. The molecule has 4 aromatic rings. The quantitative estimate of drug-likeness (QED) is 0.280. The van der Waals surface area contributed by atoms with Gasteiger partial charge in [0.1, 0.15) is 0 Å². The fraction of sp³-hybridized carbons (Fsp3) is 0.152. The Labute approximate surface area is 219 Å². The minimum Gasteiger partial charge on any atom is -0.378 e. The zero-order chi connectivity index (χ0) is 25.8. The van der Waals surface area contributed by atoms with Gasteiger partial charge in [0.25, 0.3) is 0 Å². The van der Waals surface area contributed by atoms with Crippen molar-refractivity contribution >= 4 is 33.4 Å². The lowest BCUT2D eigenvalue weighted by Gasteiger charge is -2.27. The van der Waals surface area contributed by atoms with E-state index in [0.29, 0.717) is 13.1 Å². The maximum Gasteiger partial charge on any atom is 0.0464 e. The number of para-hydroxylation sites is 1. The normalized spacial score (nSPS) is 14.1. The van der Waals surface area contributed by atoms with Crippen LogP contribution in [-0.2, 0) is 0 Å². The zero-order valence-electron chi connectivity index (χ0n) is 21.5. The van der Waals surface area contributed by atoms with E-state index in [9.17, 15) is 0 Å². The summed E-state index contributed by atoms with van der Waals surface area (Å²) in [5.41, 5.74) is 19.9. The van der Waals surface area contributed by atoms with E-state index in [1.165, 1.54) is 27.6 Å². The predicted molar refractivity (Wildman–Crippen MR) is 159 cm³/mol. The third kappa shape index (κ3) is 4.94. The van der Waals surface area contributed by atoms with Gasteiger partial charge >= 0.3 is 0 Å². The summed E-state index contributed by atoms with van der Waals surface area (Å²) in [4.78, 5) is 2.12. The molecule has 37 heavy (non-hydrogen) atoms. The number of anilines is 3. The van der Waals surface area contributed by atoms with Gasteiger partial charge in [-0.2, -0.15) is 0 Å². The molecule has 0 heterocycles. The molecule has 4 aromatic carbocycles. The van der Waals surface area contributed by atoms with E-state index in [0.717, 1.165) is 22.5 Å². The molecule has 0 saturated carbocycles. The highest BCUT2D eigenvalue weighted by molar-refractivity contribution is 6.05. The van der Waals surface area contributed by atoms with Gasteiger partial charge in [0.2, 0.25) is 0 Å². The topological polar surface area (TPSA) is 67.3 Å². The van der Waals surface area contributed by atoms with Gasteiger partial charge in [0.15, 0.2) is 0 Å². The molecule has 0 fully saturated rings. The van der Waals surface area contributed by atoms with Crippen molar-refractivity contribution in [2.75, 3.05) is 37.4 Å². The Morgan fingerprint density at radius 3 is 1.97 bits per heavy atom. The third-order valence-electron chi connectivity index (χ3n) is 7.16. The smallest absolute Gasteiger partial charge is 0.0464 e. The number of nitrogens with two attached hydrogens (primary N) is 2. The third-order valence-corrected chi connectivity index (χ3v) is 7.16. The monoisotopic (exact) mass is 486 g/mol. The summed E-state index contributed by atoms with van der Waals surface area (Å²) >= 11 is 0. The van der Waals surface area contributed by atoms with Gasteiger partial charge in [0, 0.05) is 55.0 Å². The summed E-state index contributed by atoms with van der Waals surface area (Å²) in [6.45, 7) is 0.971. The highest BCUT2D eigenvalue weighted by Gasteiger charge is 2.24. The van der Waals surface area contributed by atoms with Gasteiger partial charge in [-0.25, -0.2) is 0 Å². The Balaban J connectivity index is 1.69. The number of nitrogens with zero attached hydrogens (tertiary/aromatic N) is 1. The van der Waals surface area contributed by atoms with Crippen LogP contribution in [0.15, 0.2) is 121 Å². The second kappa shape index (κ2) is 10.5. The summed E-state index contributed by atoms with van der Waals surface area (Å²) in [6, 6.07) is 32.0. The van der Waals surface area contributed by atoms with Crippen LogP contribution in [-0.4, -0.2) is 27.2 Å². The van der Waals surface area contributed by atoms with E-state index in [2.05, 4.69) is 121 Å². The van der Waals surface area contributed by atoms with Crippen LogP contribution in [0.25, 0.3) is 16.3 Å². The van der Waals surface area contributed by atoms with Gasteiger partial charge in [-0.3, -0.25) is 0 Å². The van der Waals surface area contributed by atoms with E-state index in [1.807, 2.05) is 18.2 Å². The number of nitrogens with one attached hydrogen (secondary N) is 1. The van der Waals surface area contributed by atoms with Gasteiger partial charge < -0.3 is 21.7 Å². The maximum absolute atomic E-state index is 6.08. The summed E-state index contributed by atoms with van der Waals surface area (Å²) in [5, 5.41) is 5.97. The molecule has 5 N–H and O–H groups in total. The van der Waals surface area contributed by atoms with E-state index in [-0.39, 0.29) is 5.41 Å². The van der Waals surface area contributed by atoms with Crippen LogP contribution in [0.5, 0.6) is 0 Å². The molecular weight excluding hydrogens is 452 g/mol. The predicted octanol–water partition coefficient (Wildman–Crippen LogP) is 6.48. The number of rotatable bonds is 7. The first-order valence-corrected chi connectivity index (χ1v) is 12.7. The fourth-order valence-corrected chi connectivity index (χ4v) is 4.85. The van der Waals surface area contributed by atoms with E-state index in [1.54, 1.807) is 0 Å². The van der Waals surface area contributed by atoms with Crippen LogP contribution in [0.1, 0.15) is 11.1 Å². The first kappa shape index (κ1) is 24.6. The summed E-state index contributed by atoms with van der Waals surface area (Å²) in [7, 11) is 4.12. The SMILES string of the molecule is CN(C)c1ccc(C(=C2C=CC(CN)(CN)C=C2)c2ccc(Nc3ccccc3)c3ccccc23)cc1. The lowest BCUT2D eigenvalue weighted by molar-refractivity contribution is 0.515. The summed E-state index contributed by atoms with van der Waals surface area (Å²) in [6.07, 6.45) is 8.67. The zero-order valence-corrected chi connectivity index (χ0v) is 21.5. The van der Waals surface area contributed by atoms with Crippen molar-refractivity contribution in [3.05, 3.63) is 132 Å². The average Bonchev–Trinajstić information content (AvgIpc) is 2.95. The van der Waals surface area contributed by atoms with Gasteiger partial charge in [-0.15, -0.1) is 0 Å². The minimum atomic E-state index is -0.297. The maximum atomic E-state index is 6.08. The number of benzene rings is 4. The average molecular weight is 487 g/mol. The largest absolute Gasteiger partial charge is 0.378 e. The van der Waals surface area contributed by atoms with Crippen molar-refractivity contribution in [1.82, 2.24) is 0 Å². The Morgan fingerprint density at radius 1 is 0.730 bits per heavy atom.